The summed E-state index contributed by atoms with van der Waals surface area (Å²) in [6.07, 6.45) is 1.55. The molecule has 0 atom stereocenters. The van der Waals surface area contributed by atoms with E-state index in [4.69, 9.17) is 14.0 Å². The van der Waals surface area contributed by atoms with Crippen molar-refractivity contribution in [2.45, 2.75) is 33.3 Å². The van der Waals surface area contributed by atoms with Crippen LogP contribution < -0.4 is 4.74 Å². The molecule has 1 aromatic carbocycles. The summed E-state index contributed by atoms with van der Waals surface area (Å²) in [6.45, 7) is 6.36. The molecule has 0 saturated heterocycles. The molecule has 0 bridgehead atoms. The molecule has 0 aliphatic carbocycles. The minimum absolute atomic E-state index is 0.129. The monoisotopic (exact) mass is 367 g/mol. The summed E-state index contributed by atoms with van der Waals surface area (Å²) < 4.78 is 15.8. The summed E-state index contributed by atoms with van der Waals surface area (Å²) in [5.74, 6) is 0.795. The normalized spacial score (nSPS) is 10.8. The fraction of sp³-hybridized carbons (Fsp3) is 0.300. The van der Waals surface area contributed by atoms with Crippen LogP contribution in [0, 0.1) is 0 Å². The van der Waals surface area contributed by atoms with Crippen molar-refractivity contribution in [2.24, 2.45) is 0 Å². The zero-order chi connectivity index (χ0) is 19.2. The highest BCUT2D eigenvalue weighted by Gasteiger charge is 2.17. The van der Waals surface area contributed by atoms with E-state index in [1.807, 2.05) is 31.2 Å². The van der Waals surface area contributed by atoms with Crippen LogP contribution in [0.4, 0.5) is 0 Å². The second-order valence-electron chi connectivity index (χ2n) is 6.15. The summed E-state index contributed by atoms with van der Waals surface area (Å²) in [6, 6.07) is 11.2. The van der Waals surface area contributed by atoms with Crippen molar-refractivity contribution >= 4 is 5.97 Å². The zero-order valence-corrected chi connectivity index (χ0v) is 15.5. The first-order valence-corrected chi connectivity index (χ1v) is 8.76. The van der Waals surface area contributed by atoms with Gasteiger partial charge >= 0.3 is 5.97 Å². The van der Waals surface area contributed by atoms with Gasteiger partial charge in [0.25, 0.3) is 5.89 Å². The van der Waals surface area contributed by atoms with Crippen molar-refractivity contribution in [3.63, 3.8) is 0 Å². The molecule has 0 aliphatic rings. The minimum Gasteiger partial charge on any atom is -0.477 e. The number of hydrogen-bond acceptors (Lipinski definition) is 7. The Morgan fingerprint density at radius 2 is 1.96 bits per heavy atom. The number of benzene rings is 1. The Bertz CT molecular complexity index is 904. The molecule has 0 fully saturated rings. The molecule has 7 heteroatoms. The number of esters is 1. The van der Waals surface area contributed by atoms with Gasteiger partial charge in [-0.2, -0.15) is 4.98 Å². The molecule has 27 heavy (non-hydrogen) atoms. The molecular formula is C20H21N3O4. The van der Waals surface area contributed by atoms with Gasteiger partial charge in [0.2, 0.25) is 11.7 Å². The van der Waals surface area contributed by atoms with E-state index >= 15 is 0 Å². The van der Waals surface area contributed by atoms with E-state index in [1.54, 1.807) is 18.3 Å². The van der Waals surface area contributed by atoms with Crippen molar-refractivity contribution in [3.8, 4) is 17.3 Å². The lowest BCUT2D eigenvalue weighted by Crippen LogP contribution is -2.09. The van der Waals surface area contributed by atoms with Gasteiger partial charge in [0.1, 0.15) is 5.56 Å². The number of rotatable bonds is 7. The second kappa shape index (κ2) is 8.44. The maximum Gasteiger partial charge on any atom is 0.344 e. The third-order valence-electron chi connectivity index (χ3n) is 3.90. The number of pyridine rings is 1. The van der Waals surface area contributed by atoms with E-state index in [1.165, 1.54) is 5.56 Å². The smallest absolute Gasteiger partial charge is 0.344 e. The zero-order valence-electron chi connectivity index (χ0n) is 15.5. The van der Waals surface area contributed by atoms with Gasteiger partial charge in [-0.15, -0.1) is 0 Å². The van der Waals surface area contributed by atoms with Gasteiger partial charge in [-0.25, -0.2) is 9.78 Å². The van der Waals surface area contributed by atoms with Gasteiger partial charge in [0, 0.05) is 11.8 Å². The Labute approximate surface area is 157 Å². The van der Waals surface area contributed by atoms with Gasteiger partial charge in [0.15, 0.2) is 6.61 Å². The highest BCUT2D eigenvalue weighted by atomic mass is 16.6. The summed E-state index contributed by atoms with van der Waals surface area (Å²) >= 11 is 0. The Hall–Kier alpha value is -3.22. The van der Waals surface area contributed by atoms with Crippen LogP contribution in [0.15, 0.2) is 47.1 Å². The number of nitrogens with zero attached hydrogens (tertiary/aromatic N) is 3. The molecule has 7 nitrogen and oxygen atoms in total. The molecular weight excluding hydrogens is 346 g/mol. The third kappa shape index (κ3) is 4.49. The Morgan fingerprint density at radius 3 is 2.67 bits per heavy atom. The average Bonchev–Trinajstić information content (AvgIpc) is 3.16. The van der Waals surface area contributed by atoms with Crippen LogP contribution in [-0.4, -0.2) is 27.7 Å². The fourth-order valence-corrected chi connectivity index (χ4v) is 2.45. The van der Waals surface area contributed by atoms with E-state index < -0.39 is 5.97 Å². The molecule has 0 spiro atoms. The molecule has 0 unspecified atom stereocenters. The van der Waals surface area contributed by atoms with Crippen LogP contribution in [0.1, 0.15) is 48.5 Å². The van der Waals surface area contributed by atoms with Gasteiger partial charge in [-0.3, -0.25) is 0 Å². The Morgan fingerprint density at radius 1 is 1.19 bits per heavy atom. The molecule has 0 amide bonds. The number of ether oxygens (including phenoxy) is 2. The van der Waals surface area contributed by atoms with Crippen molar-refractivity contribution in [1.82, 2.24) is 15.1 Å². The van der Waals surface area contributed by atoms with Crippen LogP contribution in [0.5, 0.6) is 5.88 Å². The first-order chi connectivity index (χ1) is 13.1. The van der Waals surface area contributed by atoms with Crippen LogP contribution in [-0.2, 0) is 11.3 Å². The van der Waals surface area contributed by atoms with Crippen LogP contribution in [0.3, 0.4) is 0 Å². The van der Waals surface area contributed by atoms with Crippen molar-refractivity contribution in [2.75, 3.05) is 6.61 Å². The highest BCUT2D eigenvalue weighted by Crippen LogP contribution is 2.21. The maximum atomic E-state index is 12.3. The van der Waals surface area contributed by atoms with E-state index in [-0.39, 0.29) is 23.9 Å². The predicted molar refractivity (Wildman–Crippen MR) is 98.3 cm³/mol. The summed E-state index contributed by atoms with van der Waals surface area (Å²) in [5.41, 5.74) is 2.33. The molecule has 0 aliphatic heterocycles. The van der Waals surface area contributed by atoms with Crippen molar-refractivity contribution < 1.29 is 18.8 Å². The number of aromatic nitrogens is 3. The van der Waals surface area contributed by atoms with Crippen molar-refractivity contribution in [1.29, 1.82) is 0 Å². The first kappa shape index (κ1) is 18.6. The van der Waals surface area contributed by atoms with Gasteiger partial charge in [-0.1, -0.05) is 43.3 Å². The molecule has 3 aromatic rings. The summed E-state index contributed by atoms with van der Waals surface area (Å²) in [7, 11) is 0. The SMILES string of the molecule is CCOc1ncccc1C(=O)OCc1nc(-c2ccc(C(C)C)cc2)no1. The lowest BCUT2D eigenvalue weighted by Gasteiger charge is -2.07. The molecule has 2 heterocycles. The number of carbonyl (C=O) groups excluding carboxylic acids is 1. The lowest BCUT2D eigenvalue weighted by atomic mass is 10.0. The third-order valence-corrected chi connectivity index (χ3v) is 3.90. The predicted octanol–water partition coefficient (Wildman–Crippen LogP) is 4.01. The highest BCUT2D eigenvalue weighted by molar-refractivity contribution is 5.91. The van der Waals surface area contributed by atoms with E-state index in [9.17, 15) is 4.79 Å². The van der Waals surface area contributed by atoms with E-state index in [2.05, 4.69) is 29.0 Å². The van der Waals surface area contributed by atoms with Gasteiger partial charge in [0.05, 0.1) is 6.61 Å². The van der Waals surface area contributed by atoms with Crippen LogP contribution >= 0.6 is 0 Å². The molecule has 0 saturated carbocycles. The Balaban J connectivity index is 1.65. The molecule has 3 rings (SSSR count). The van der Waals surface area contributed by atoms with E-state index in [0.717, 1.165) is 5.56 Å². The standard InChI is InChI=1S/C20H21N3O4/c1-4-25-19-16(6-5-11-21-19)20(24)26-12-17-22-18(23-27-17)15-9-7-14(8-10-15)13(2)3/h5-11,13H,4,12H2,1-3H3. The summed E-state index contributed by atoms with van der Waals surface area (Å²) in [5, 5.41) is 3.94. The van der Waals surface area contributed by atoms with Crippen LogP contribution in [0.25, 0.3) is 11.4 Å². The molecule has 0 radical (unpaired) electrons. The lowest BCUT2D eigenvalue weighted by molar-refractivity contribution is 0.0424. The topological polar surface area (TPSA) is 87.3 Å². The maximum absolute atomic E-state index is 12.3. The average molecular weight is 367 g/mol. The first-order valence-electron chi connectivity index (χ1n) is 8.76. The second-order valence-corrected chi connectivity index (χ2v) is 6.15. The molecule has 140 valence electrons. The minimum atomic E-state index is -0.562. The largest absolute Gasteiger partial charge is 0.477 e. The fourth-order valence-electron chi connectivity index (χ4n) is 2.45. The number of hydrogen-bond donors (Lipinski definition) is 0. The molecule has 0 N–H and O–H groups in total. The van der Waals surface area contributed by atoms with Gasteiger partial charge in [-0.05, 0) is 30.5 Å². The molecule has 2 aromatic heterocycles. The summed E-state index contributed by atoms with van der Waals surface area (Å²) in [4.78, 5) is 20.6. The van der Waals surface area contributed by atoms with Crippen molar-refractivity contribution in [3.05, 3.63) is 59.6 Å². The number of carbonyl (C=O) groups is 1. The van der Waals surface area contributed by atoms with Gasteiger partial charge < -0.3 is 14.0 Å². The quantitative estimate of drug-likeness (QED) is 0.583. The van der Waals surface area contributed by atoms with E-state index in [0.29, 0.717) is 18.3 Å². The Kier molecular flexibility index (Phi) is 5.80. The van der Waals surface area contributed by atoms with Crippen LogP contribution in [0.2, 0.25) is 0 Å².